The number of nitrogens with one attached hydrogen (secondary N) is 1. The molecular formula is C15H27Cl2N3OS. The monoisotopic (exact) mass is 367 g/mol. The van der Waals surface area contributed by atoms with Crippen molar-refractivity contribution in [2.45, 2.75) is 65.0 Å². The molecule has 7 heteroatoms. The van der Waals surface area contributed by atoms with Crippen LogP contribution in [0.2, 0.25) is 0 Å². The molecule has 128 valence electrons. The van der Waals surface area contributed by atoms with Crippen LogP contribution in [-0.2, 0) is 10.3 Å². The summed E-state index contributed by atoms with van der Waals surface area (Å²) >= 11 is 1.66. The van der Waals surface area contributed by atoms with Crippen LogP contribution in [0.4, 0.5) is 0 Å². The molecule has 0 saturated heterocycles. The third kappa shape index (κ3) is 5.08. The summed E-state index contributed by atoms with van der Waals surface area (Å²) in [5.41, 5.74) is 6.60. The lowest BCUT2D eigenvalue weighted by Gasteiger charge is -2.30. The van der Waals surface area contributed by atoms with Gasteiger partial charge in [-0.25, -0.2) is 4.98 Å². The number of thiazole rings is 1. The molecule has 0 radical (unpaired) electrons. The van der Waals surface area contributed by atoms with E-state index in [0.717, 1.165) is 36.4 Å². The Bertz CT molecular complexity index is 485. The highest BCUT2D eigenvalue weighted by atomic mass is 35.5. The second-order valence-electron chi connectivity index (χ2n) is 6.40. The first-order valence-corrected chi connectivity index (χ1v) is 8.13. The van der Waals surface area contributed by atoms with Gasteiger partial charge in [-0.15, -0.1) is 36.2 Å². The van der Waals surface area contributed by atoms with E-state index in [4.69, 9.17) is 5.73 Å². The van der Waals surface area contributed by atoms with Gasteiger partial charge in [0.1, 0.15) is 5.01 Å². The zero-order valence-corrected chi connectivity index (χ0v) is 16.1. The lowest BCUT2D eigenvalue weighted by molar-refractivity contribution is -0.127. The van der Waals surface area contributed by atoms with E-state index in [1.807, 2.05) is 20.8 Å². The Hall–Kier alpha value is -0.360. The Labute approximate surface area is 149 Å². The van der Waals surface area contributed by atoms with E-state index >= 15 is 0 Å². The molecule has 2 unspecified atom stereocenters. The van der Waals surface area contributed by atoms with Crippen molar-refractivity contribution >= 4 is 42.1 Å². The van der Waals surface area contributed by atoms with Crippen molar-refractivity contribution in [3.63, 3.8) is 0 Å². The van der Waals surface area contributed by atoms with Crippen LogP contribution in [0.1, 0.15) is 55.1 Å². The van der Waals surface area contributed by atoms with Gasteiger partial charge in [-0.3, -0.25) is 4.79 Å². The maximum atomic E-state index is 12.4. The highest BCUT2D eigenvalue weighted by molar-refractivity contribution is 7.11. The second-order valence-corrected chi connectivity index (χ2v) is 7.60. The number of carbonyl (C=O) groups excluding carboxylic acids is 1. The van der Waals surface area contributed by atoms with Gasteiger partial charge in [0.2, 0.25) is 5.91 Å². The molecule has 0 aliphatic heterocycles. The van der Waals surface area contributed by atoms with Gasteiger partial charge in [-0.2, -0.15) is 0 Å². The summed E-state index contributed by atoms with van der Waals surface area (Å²) in [4.78, 5) is 18.2. The van der Waals surface area contributed by atoms with Gasteiger partial charge in [0.25, 0.3) is 0 Å². The minimum atomic E-state index is -0.414. The maximum Gasteiger partial charge on any atom is 0.223 e. The summed E-state index contributed by atoms with van der Waals surface area (Å²) in [7, 11) is 0. The number of halogens is 2. The standard InChI is InChI=1S/C15H25N3OS.2ClH/c1-9-10(2)20-14(17-9)15(3,4)18-13(19)11-6-5-7-12(16)8-11;;/h11-12H,5-8,16H2,1-4H3,(H,18,19);2*1H. The predicted molar refractivity (Wildman–Crippen MR) is 97.2 cm³/mol. The van der Waals surface area contributed by atoms with Crippen LogP contribution in [0.25, 0.3) is 0 Å². The normalized spacial score (nSPS) is 21.5. The van der Waals surface area contributed by atoms with Crippen molar-refractivity contribution < 1.29 is 4.79 Å². The van der Waals surface area contributed by atoms with Crippen molar-refractivity contribution in [3.8, 4) is 0 Å². The van der Waals surface area contributed by atoms with E-state index in [0.29, 0.717) is 0 Å². The predicted octanol–water partition coefficient (Wildman–Crippen LogP) is 3.47. The molecule has 1 heterocycles. The van der Waals surface area contributed by atoms with Crippen LogP contribution in [0.3, 0.4) is 0 Å². The Morgan fingerprint density at radius 2 is 1.95 bits per heavy atom. The summed E-state index contributed by atoms with van der Waals surface area (Å²) < 4.78 is 0. The van der Waals surface area contributed by atoms with E-state index in [2.05, 4.69) is 17.2 Å². The van der Waals surface area contributed by atoms with E-state index in [-0.39, 0.29) is 42.7 Å². The molecular weight excluding hydrogens is 341 g/mol. The van der Waals surface area contributed by atoms with Gasteiger partial charge >= 0.3 is 0 Å². The van der Waals surface area contributed by atoms with Crippen LogP contribution >= 0.6 is 36.2 Å². The molecule has 2 atom stereocenters. The third-order valence-corrected chi connectivity index (χ3v) is 5.48. The molecule has 0 spiro atoms. The fourth-order valence-electron chi connectivity index (χ4n) is 2.67. The van der Waals surface area contributed by atoms with Crippen molar-refractivity contribution in [1.82, 2.24) is 10.3 Å². The number of hydrogen-bond donors (Lipinski definition) is 2. The van der Waals surface area contributed by atoms with Gasteiger partial charge in [-0.05, 0) is 47.0 Å². The SMILES string of the molecule is Cc1nc(C(C)(C)NC(=O)C2CCCC(N)C2)sc1C.Cl.Cl. The Morgan fingerprint density at radius 1 is 1.32 bits per heavy atom. The molecule has 1 aromatic rings. The third-order valence-electron chi connectivity index (χ3n) is 4.08. The molecule has 0 aromatic carbocycles. The number of nitrogens with two attached hydrogens (primary N) is 1. The van der Waals surface area contributed by atoms with Crippen molar-refractivity contribution in [2.75, 3.05) is 0 Å². The zero-order chi connectivity index (χ0) is 14.9. The molecule has 1 fully saturated rings. The van der Waals surface area contributed by atoms with Gasteiger partial charge in [0.05, 0.1) is 11.2 Å². The topological polar surface area (TPSA) is 68.0 Å². The quantitative estimate of drug-likeness (QED) is 0.858. The summed E-state index contributed by atoms with van der Waals surface area (Å²) in [5, 5.41) is 4.13. The first kappa shape index (κ1) is 21.6. The van der Waals surface area contributed by atoms with Crippen LogP contribution in [0.5, 0.6) is 0 Å². The summed E-state index contributed by atoms with van der Waals surface area (Å²) in [6.45, 7) is 8.11. The molecule has 0 bridgehead atoms. The van der Waals surface area contributed by atoms with Crippen LogP contribution in [0.15, 0.2) is 0 Å². The molecule has 1 saturated carbocycles. The van der Waals surface area contributed by atoms with Gasteiger partial charge in [0, 0.05) is 16.8 Å². The van der Waals surface area contributed by atoms with E-state index in [1.54, 1.807) is 11.3 Å². The van der Waals surface area contributed by atoms with E-state index in [1.165, 1.54) is 4.88 Å². The highest BCUT2D eigenvalue weighted by Crippen LogP contribution is 2.29. The summed E-state index contributed by atoms with van der Waals surface area (Å²) in [5.74, 6) is 0.177. The fourth-order valence-corrected chi connectivity index (χ4v) is 3.64. The number of amides is 1. The van der Waals surface area contributed by atoms with E-state index in [9.17, 15) is 4.79 Å². The van der Waals surface area contributed by atoms with Crippen molar-refractivity contribution in [1.29, 1.82) is 0 Å². The number of nitrogens with zero attached hydrogens (tertiary/aromatic N) is 1. The molecule has 1 aromatic heterocycles. The minimum absolute atomic E-state index is 0. The number of rotatable bonds is 3. The zero-order valence-electron chi connectivity index (χ0n) is 13.6. The molecule has 1 aliphatic carbocycles. The molecule has 2 rings (SSSR count). The first-order valence-electron chi connectivity index (χ1n) is 7.31. The Balaban J connectivity index is 0.00000220. The van der Waals surface area contributed by atoms with Crippen molar-refractivity contribution in [2.24, 2.45) is 11.7 Å². The average Bonchev–Trinajstić information content (AvgIpc) is 2.70. The number of aryl methyl sites for hydroxylation is 2. The molecule has 1 aliphatic rings. The van der Waals surface area contributed by atoms with Gasteiger partial charge in [0.15, 0.2) is 0 Å². The first-order chi connectivity index (χ1) is 9.29. The average molecular weight is 368 g/mol. The van der Waals surface area contributed by atoms with Crippen LogP contribution in [0, 0.1) is 19.8 Å². The molecule has 22 heavy (non-hydrogen) atoms. The second kappa shape index (κ2) is 8.48. The smallest absolute Gasteiger partial charge is 0.223 e. The Morgan fingerprint density at radius 3 is 2.45 bits per heavy atom. The van der Waals surface area contributed by atoms with Gasteiger partial charge < -0.3 is 11.1 Å². The minimum Gasteiger partial charge on any atom is -0.344 e. The fraction of sp³-hybridized carbons (Fsp3) is 0.733. The van der Waals surface area contributed by atoms with Gasteiger partial charge in [-0.1, -0.05) is 6.42 Å². The molecule has 4 nitrogen and oxygen atoms in total. The summed E-state index contributed by atoms with van der Waals surface area (Å²) in [6.07, 6.45) is 3.84. The number of carbonyl (C=O) groups is 1. The highest BCUT2D eigenvalue weighted by Gasteiger charge is 2.32. The number of aromatic nitrogens is 1. The lowest BCUT2D eigenvalue weighted by atomic mass is 9.85. The Kier molecular flexibility index (Phi) is 8.34. The largest absolute Gasteiger partial charge is 0.344 e. The molecule has 3 N–H and O–H groups in total. The van der Waals surface area contributed by atoms with E-state index < -0.39 is 5.54 Å². The number of hydrogen-bond acceptors (Lipinski definition) is 4. The van der Waals surface area contributed by atoms with Crippen molar-refractivity contribution in [3.05, 3.63) is 15.6 Å². The van der Waals surface area contributed by atoms with Crippen LogP contribution < -0.4 is 11.1 Å². The van der Waals surface area contributed by atoms with Crippen LogP contribution in [-0.4, -0.2) is 16.9 Å². The summed E-state index contributed by atoms with van der Waals surface area (Å²) in [6, 6.07) is 0.173. The lowest BCUT2D eigenvalue weighted by Crippen LogP contribution is -2.46. The molecule has 1 amide bonds. The maximum absolute atomic E-state index is 12.4.